The summed E-state index contributed by atoms with van der Waals surface area (Å²) in [5, 5.41) is 13.6. The van der Waals surface area contributed by atoms with Gasteiger partial charge in [0.2, 0.25) is 5.82 Å². The van der Waals surface area contributed by atoms with Crippen LogP contribution in [0.4, 0.5) is 0 Å². The van der Waals surface area contributed by atoms with Gasteiger partial charge in [-0.1, -0.05) is 18.2 Å². The molecule has 0 radical (unpaired) electrons. The molecule has 1 saturated heterocycles. The number of rotatable bonds is 2. The lowest BCUT2D eigenvalue weighted by Gasteiger charge is -2.12. The highest BCUT2D eigenvalue weighted by Crippen LogP contribution is 2.12. The molecule has 6 heteroatoms. The lowest BCUT2D eigenvalue weighted by atomic mass is 10.3. The molecule has 2 heterocycles. The second-order valence-electron chi connectivity index (χ2n) is 4.54. The van der Waals surface area contributed by atoms with Crippen molar-refractivity contribution >= 4 is 5.91 Å². The van der Waals surface area contributed by atoms with Crippen molar-refractivity contribution in [3.8, 4) is 5.69 Å². The van der Waals surface area contributed by atoms with Gasteiger partial charge in [-0.15, -0.1) is 5.10 Å². The summed E-state index contributed by atoms with van der Waals surface area (Å²) < 4.78 is 1.57. The van der Waals surface area contributed by atoms with Crippen LogP contribution in [0.1, 0.15) is 17.0 Å². The lowest BCUT2D eigenvalue weighted by molar-refractivity contribution is 0.0753. The van der Waals surface area contributed by atoms with Crippen LogP contribution in [0.15, 0.2) is 36.7 Å². The van der Waals surface area contributed by atoms with Crippen molar-refractivity contribution < 1.29 is 9.90 Å². The summed E-state index contributed by atoms with van der Waals surface area (Å²) in [4.78, 5) is 17.7. The van der Waals surface area contributed by atoms with Crippen LogP contribution in [0, 0.1) is 0 Å². The average Bonchev–Trinajstić information content (AvgIpc) is 3.08. The van der Waals surface area contributed by atoms with E-state index in [1.807, 2.05) is 30.3 Å². The Hall–Kier alpha value is -2.21. The number of benzene rings is 1. The minimum Gasteiger partial charge on any atom is -0.391 e. The van der Waals surface area contributed by atoms with E-state index in [9.17, 15) is 9.90 Å². The first-order valence-electron chi connectivity index (χ1n) is 6.18. The highest BCUT2D eigenvalue weighted by Gasteiger charge is 2.27. The molecule has 6 nitrogen and oxygen atoms in total. The molecule has 0 unspecified atom stereocenters. The maximum absolute atomic E-state index is 12.1. The Bertz CT molecular complexity index is 581. The molecular formula is C13H14N4O2. The molecule has 1 atom stereocenters. The van der Waals surface area contributed by atoms with E-state index < -0.39 is 6.10 Å². The van der Waals surface area contributed by atoms with Crippen LogP contribution in [0.25, 0.3) is 5.69 Å². The number of β-amino-alcohol motifs (C(OH)–C–C–N with tert-alkyl or cyclic N) is 1. The van der Waals surface area contributed by atoms with Crippen molar-refractivity contribution in [1.29, 1.82) is 0 Å². The summed E-state index contributed by atoms with van der Waals surface area (Å²) in [6.07, 6.45) is 1.71. The second kappa shape index (κ2) is 4.81. The van der Waals surface area contributed by atoms with Gasteiger partial charge in [0.05, 0.1) is 11.8 Å². The number of hydrogen-bond acceptors (Lipinski definition) is 4. The molecule has 2 aromatic rings. The molecule has 1 amide bonds. The summed E-state index contributed by atoms with van der Waals surface area (Å²) in [5.41, 5.74) is 0.857. The van der Waals surface area contributed by atoms with Gasteiger partial charge in [-0.25, -0.2) is 9.67 Å². The van der Waals surface area contributed by atoms with Crippen molar-refractivity contribution in [3.63, 3.8) is 0 Å². The maximum Gasteiger partial charge on any atom is 0.293 e. The third kappa shape index (κ3) is 2.34. The average molecular weight is 258 g/mol. The van der Waals surface area contributed by atoms with Gasteiger partial charge in [-0.3, -0.25) is 4.79 Å². The number of likely N-dealkylation sites (tertiary alicyclic amines) is 1. The Morgan fingerprint density at radius 2 is 2.11 bits per heavy atom. The van der Waals surface area contributed by atoms with Crippen LogP contribution in [-0.2, 0) is 0 Å². The van der Waals surface area contributed by atoms with Crippen LogP contribution >= 0.6 is 0 Å². The summed E-state index contributed by atoms with van der Waals surface area (Å²) >= 11 is 0. The minimum atomic E-state index is -0.430. The van der Waals surface area contributed by atoms with Gasteiger partial charge in [0.25, 0.3) is 5.91 Å². The van der Waals surface area contributed by atoms with E-state index in [1.54, 1.807) is 9.58 Å². The molecule has 0 saturated carbocycles. The molecule has 3 rings (SSSR count). The summed E-state index contributed by atoms with van der Waals surface area (Å²) in [7, 11) is 0. The van der Waals surface area contributed by atoms with E-state index in [0.29, 0.717) is 19.5 Å². The molecule has 19 heavy (non-hydrogen) atoms. The molecule has 0 aliphatic carbocycles. The van der Waals surface area contributed by atoms with Gasteiger partial charge < -0.3 is 10.0 Å². The van der Waals surface area contributed by atoms with Crippen LogP contribution in [0.3, 0.4) is 0 Å². The highest BCUT2D eigenvalue weighted by atomic mass is 16.3. The number of aliphatic hydroxyl groups excluding tert-OH is 1. The van der Waals surface area contributed by atoms with Crippen LogP contribution in [-0.4, -0.2) is 49.9 Å². The predicted molar refractivity (Wildman–Crippen MR) is 67.9 cm³/mol. The number of hydrogen-bond donors (Lipinski definition) is 1. The van der Waals surface area contributed by atoms with Gasteiger partial charge >= 0.3 is 0 Å². The Kier molecular flexibility index (Phi) is 3.00. The quantitative estimate of drug-likeness (QED) is 0.850. The standard InChI is InChI=1S/C13H14N4O2/c18-11-6-7-16(8-11)13(19)12-14-9-17(15-12)10-4-2-1-3-5-10/h1-5,9,11,18H,6-8H2/t11-/m1/s1. The molecule has 0 bridgehead atoms. The first kappa shape index (κ1) is 11.9. The largest absolute Gasteiger partial charge is 0.391 e. The van der Waals surface area contributed by atoms with Gasteiger partial charge in [0.1, 0.15) is 6.33 Å². The first-order chi connectivity index (χ1) is 9.24. The predicted octanol–water partition coefficient (Wildman–Crippen LogP) is 0.474. The monoisotopic (exact) mass is 258 g/mol. The number of carbonyl (C=O) groups is 1. The highest BCUT2D eigenvalue weighted by molar-refractivity contribution is 5.90. The molecule has 1 N–H and O–H groups in total. The lowest BCUT2D eigenvalue weighted by Crippen LogP contribution is -2.30. The van der Waals surface area contributed by atoms with Crippen molar-refractivity contribution in [2.75, 3.05) is 13.1 Å². The Morgan fingerprint density at radius 1 is 1.32 bits per heavy atom. The van der Waals surface area contributed by atoms with E-state index in [-0.39, 0.29) is 11.7 Å². The molecule has 98 valence electrons. The summed E-state index contributed by atoms with van der Waals surface area (Å²) in [6.45, 7) is 0.915. The summed E-state index contributed by atoms with van der Waals surface area (Å²) in [6, 6.07) is 9.49. The van der Waals surface area contributed by atoms with E-state index in [0.717, 1.165) is 5.69 Å². The molecule has 1 aromatic heterocycles. The van der Waals surface area contributed by atoms with Crippen LogP contribution in [0.5, 0.6) is 0 Å². The SMILES string of the molecule is O=C(c1ncn(-c2ccccc2)n1)N1CC[C@@H](O)C1. The Morgan fingerprint density at radius 3 is 2.79 bits per heavy atom. The van der Waals surface area contributed by atoms with Crippen molar-refractivity contribution in [2.45, 2.75) is 12.5 Å². The smallest absolute Gasteiger partial charge is 0.293 e. The minimum absolute atomic E-state index is 0.165. The van der Waals surface area contributed by atoms with E-state index in [1.165, 1.54) is 6.33 Å². The van der Waals surface area contributed by atoms with Gasteiger partial charge in [0, 0.05) is 13.1 Å². The van der Waals surface area contributed by atoms with Crippen LogP contribution < -0.4 is 0 Å². The number of carbonyl (C=O) groups excluding carboxylic acids is 1. The zero-order valence-electron chi connectivity index (χ0n) is 10.3. The zero-order chi connectivity index (χ0) is 13.2. The molecule has 1 aliphatic rings. The fourth-order valence-corrected chi connectivity index (χ4v) is 2.13. The van der Waals surface area contributed by atoms with E-state index in [4.69, 9.17) is 0 Å². The second-order valence-corrected chi connectivity index (χ2v) is 4.54. The molecule has 1 aromatic carbocycles. The third-order valence-electron chi connectivity index (χ3n) is 3.15. The topological polar surface area (TPSA) is 71.2 Å². The number of aromatic nitrogens is 3. The number of para-hydroxylation sites is 1. The summed E-state index contributed by atoms with van der Waals surface area (Å²) in [5.74, 6) is -0.0656. The number of aliphatic hydroxyl groups is 1. The third-order valence-corrected chi connectivity index (χ3v) is 3.15. The zero-order valence-corrected chi connectivity index (χ0v) is 10.3. The maximum atomic E-state index is 12.1. The molecular weight excluding hydrogens is 244 g/mol. The molecule has 1 aliphatic heterocycles. The van der Waals surface area contributed by atoms with Gasteiger partial charge in [-0.2, -0.15) is 0 Å². The van der Waals surface area contributed by atoms with Crippen molar-refractivity contribution in [1.82, 2.24) is 19.7 Å². The van der Waals surface area contributed by atoms with Crippen molar-refractivity contribution in [2.24, 2.45) is 0 Å². The normalized spacial score (nSPS) is 18.8. The van der Waals surface area contributed by atoms with E-state index in [2.05, 4.69) is 10.1 Å². The first-order valence-corrected chi connectivity index (χ1v) is 6.18. The van der Waals surface area contributed by atoms with E-state index >= 15 is 0 Å². The van der Waals surface area contributed by atoms with Gasteiger partial charge in [0.15, 0.2) is 0 Å². The van der Waals surface area contributed by atoms with Gasteiger partial charge in [-0.05, 0) is 18.6 Å². The van der Waals surface area contributed by atoms with Crippen LogP contribution in [0.2, 0.25) is 0 Å². The van der Waals surface area contributed by atoms with Crippen molar-refractivity contribution in [3.05, 3.63) is 42.5 Å². The fraction of sp³-hybridized carbons (Fsp3) is 0.308. The molecule has 0 spiro atoms. The number of nitrogens with zero attached hydrogens (tertiary/aromatic N) is 4. The Labute approximate surface area is 110 Å². The fourth-order valence-electron chi connectivity index (χ4n) is 2.13. The number of amides is 1. The molecule has 1 fully saturated rings. The Balaban J connectivity index is 1.80.